The highest BCUT2D eigenvalue weighted by molar-refractivity contribution is 6.01. The Morgan fingerprint density at radius 3 is 2.20 bits per heavy atom. The summed E-state index contributed by atoms with van der Waals surface area (Å²) < 4.78 is 4.69. The minimum Gasteiger partial charge on any atom is -0.480 e. The van der Waals surface area contributed by atoms with E-state index in [1.807, 2.05) is 0 Å². The minimum absolute atomic E-state index is 0.0241. The molecule has 3 rings (SSSR count). The molecule has 0 saturated carbocycles. The number of amides is 3. The van der Waals surface area contributed by atoms with Gasteiger partial charge in [0.2, 0.25) is 11.8 Å². The van der Waals surface area contributed by atoms with Crippen molar-refractivity contribution in [1.29, 1.82) is 5.41 Å². The monoisotopic (exact) mass is 553 g/mol. The maximum atomic E-state index is 13.9. The second-order valence-corrected chi connectivity index (χ2v) is 9.18. The van der Waals surface area contributed by atoms with Crippen LogP contribution in [0.2, 0.25) is 0 Å². The number of piperazine rings is 1. The Balaban J connectivity index is 1.92. The van der Waals surface area contributed by atoms with Gasteiger partial charge in [-0.3, -0.25) is 29.4 Å². The van der Waals surface area contributed by atoms with E-state index in [0.29, 0.717) is 16.7 Å². The number of carboxylic acid groups (broad SMARTS) is 1. The third kappa shape index (κ3) is 7.41. The molecule has 1 aliphatic heterocycles. The zero-order valence-electron chi connectivity index (χ0n) is 21.8. The fourth-order valence-corrected chi connectivity index (χ4v) is 4.32. The molecule has 1 aliphatic rings. The number of nitrogen functional groups attached to an aromatic ring is 1. The molecule has 13 heteroatoms. The van der Waals surface area contributed by atoms with E-state index >= 15 is 0 Å². The van der Waals surface area contributed by atoms with Crippen LogP contribution in [0, 0.1) is 5.41 Å². The predicted octanol–water partition coefficient (Wildman–Crippen LogP) is -0.509. The van der Waals surface area contributed by atoms with Gasteiger partial charge >= 0.3 is 11.9 Å². The number of amidine groups is 1. The van der Waals surface area contributed by atoms with Gasteiger partial charge in [-0.05, 0) is 23.3 Å². The number of esters is 1. The van der Waals surface area contributed by atoms with Crippen molar-refractivity contribution in [3.63, 3.8) is 0 Å². The number of carbonyl (C=O) groups excluding carboxylic acids is 4. The van der Waals surface area contributed by atoms with Crippen molar-refractivity contribution in [3.8, 4) is 0 Å². The zero-order valence-corrected chi connectivity index (χ0v) is 21.8. The van der Waals surface area contributed by atoms with E-state index in [1.54, 1.807) is 24.3 Å². The standard InChI is InChI=1S/C27H31N5O8/c1-40-23(36)13-21-27(39)31(14-22(34)35)10-11-32(21)26(38)20(12-16-2-4-17(15-33)5-3-16)30-25(37)19-8-6-18(7-9-19)24(28)29/h2-9,20-21,33H,10-15H2,1H3,(H3,28,29)(H,30,37)(H,34,35)/t20-,21-/m0/s1. The summed E-state index contributed by atoms with van der Waals surface area (Å²) in [6.45, 7) is -0.907. The SMILES string of the molecule is COC(=O)C[C@H]1C(=O)N(CC(=O)O)CCN1C(=O)[C@H](Cc1ccc(CO)cc1)NC(=O)c1ccc(C(=N)N)cc1. The molecule has 0 spiro atoms. The van der Waals surface area contributed by atoms with Crippen molar-refractivity contribution in [2.45, 2.75) is 31.5 Å². The molecule has 1 fully saturated rings. The number of carboxylic acids is 1. The lowest BCUT2D eigenvalue weighted by Gasteiger charge is -2.41. The Bertz CT molecular complexity index is 1280. The molecule has 13 nitrogen and oxygen atoms in total. The molecule has 0 unspecified atom stereocenters. The summed E-state index contributed by atoms with van der Waals surface area (Å²) in [7, 11) is 1.13. The van der Waals surface area contributed by atoms with Gasteiger partial charge < -0.3 is 35.8 Å². The number of aliphatic carboxylic acids is 1. The average Bonchev–Trinajstić information content (AvgIpc) is 2.94. The van der Waals surface area contributed by atoms with Crippen LogP contribution in [0.1, 0.15) is 33.5 Å². The van der Waals surface area contributed by atoms with Crippen LogP contribution in [-0.4, -0.2) is 94.3 Å². The Morgan fingerprint density at radius 1 is 1.05 bits per heavy atom. The Hall–Kier alpha value is -4.78. The molecular formula is C27H31N5O8. The lowest BCUT2D eigenvalue weighted by atomic mass is 10.00. The number of nitrogens with two attached hydrogens (primary N) is 1. The van der Waals surface area contributed by atoms with Crippen molar-refractivity contribution in [2.24, 2.45) is 5.73 Å². The maximum Gasteiger partial charge on any atom is 0.323 e. The van der Waals surface area contributed by atoms with Crippen LogP contribution < -0.4 is 11.1 Å². The highest BCUT2D eigenvalue weighted by Crippen LogP contribution is 2.19. The Labute approximate surface area is 230 Å². The molecule has 0 radical (unpaired) electrons. The summed E-state index contributed by atoms with van der Waals surface area (Å²) in [5, 5.41) is 28.7. The summed E-state index contributed by atoms with van der Waals surface area (Å²) in [6.07, 6.45) is -0.466. The van der Waals surface area contributed by atoms with Crippen molar-refractivity contribution in [1.82, 2.24) is 15.1 Å². The number of rotatable bonds is 11. The van der Waals surface area contributed by atoms with Gasteiger partial charge in [0.05, 0.1) is 20.1 Å². The average molecular weight is 554 g/mol. The van der Waals surface area contributed by atoms with Crippen molar-refractivity contribution in [2.75, 3.05) is 26.7 Å². The molecule has 6 N–H and O–H groups in total. The summed E-state index contributed by atoms with van der Waals surface area (Å²) in [5.41, 5.74) is 7.40. The number of nitrogens with zero attached hydrogens (tertiary/aromatic N) is 2. The van der Waals surface area contributed by atoms with Crippen LogP contribution >= 0.6 is 0 Å². The van der Waals surface area contributed by atoms with E-state index in [1.165, 1.54) is 29.2 Å². The molecule has 2 aromatic rings. The lowest BCUT2D eigenvalue weighted by molar-refractivity contribution is -0.159. The molecule has 1 saturated heterocycles. The van der Waals surface area contributed by atoms with E-state index in [0.717, 1.165) is 12.0 Å². The van der Waals surface area contributed by atoms with Gasteiger partial charge in [0.15, 0.2) is 0 Å². The smallest absolute Gasteiger partial charge is 0.323 e. The highest BCUT2D eigenvalue weighted by atomic mass is 16.5. The largest absolute Gasteiger partial charge is 0.480 e. The fraction of sp³-hybridized carbons (Fsp3) is 0.333. The topological polar surface area (TPSA) is 203 Å². The number of nitrogens with one attached hydrogen (secondary N) is 2. The van der Waals surface area contributed by atoms with E-state index < -0.39 is 54.7 Å². The summed E-state index contributed by atoms with van der Waals surface area (Å²) >= 11 is 0. The van der Waals surface area contributed by atoms with Gasteiger partial charge in [-0.15, -0.1) is 0 Å². The molecule has 3 amide bonds. The number of aliphatic hydroxyl groups excluding tert-OH is 1. The third-order valence-corrected chi connectivity index (χ3v) is 6.49. The quantitative estimate of drug-likeness (QED) is 0.138. The number of carbonyl (C=O) groups is 5. The van der Waals surface area contributed by atoms with E-state index in [9.17, 15) is 29.1 Å². The molecular weight excluding hydrogens is 522 g/mol. The maximum absolute atomic E-state index is 13.9. The molecule has 0 aliphatic carbocycles. The molecule has 0 bridgehead atoms. The minimum atomic E-state index is -1.32. The van der Waals surface area contributed by atoms with Gasteiger partial charge in [-0.1, -0.05) is 36.4 Å². The highest BCUT2D eigenvalue weighted by Gasteiger charge is 2.41. The van der Waals surface area contributed by atoms with Crippen LogP contribution in [-0.2, 0) is 36.9 Å². The van der Waals surface area contributed by atoms with Gasteiger partial charge in [0, 0.05) is 30.6 Å². The van der Waals surface area contributed by atoms with Crippen LogP contribution in [0.25, 0.3) is 0 Å². The first-order valence-corrected chi connectivity index (χ1v) is 12.4. The van der Waals surface area contributed by atoms with Gasteiger partial charge in [0.1, 0.15) is 24.5 Å². The van der Waals surface area contributed by atoms with Gasteiger partial charge in [-0.2, -0.15) is 0 Å². The van der Waals surface area contributed by atoms with Crippen molar-refractivity contribution in [3.05, 3.63) is 70.8 Å². The molecule has 2 aromatic carbocycles. The third-order valence-electron chi connectivity index (χ3n) is 6.49. The number of methoxy groups -OCH3 is 1. The van der Waals surface area contributed by atoms with Gasteiger partial charge in [-0.25, -0.2) is 0 Å². The number of hydrogen-bond donors (Lipinski definition) is 5. The first kappa shape index (κ1) is 29.8. The molecule has 40 heavy (non-hydrogen) atoms. The van der Waals surface area contributed by atoms with Crippen molar-refractivity contribution < 1.29 is 38.9 Å². The Kier molecular flexibility index (Phi) is 9.92. The predicted molar refractivity (Wildman–Crippen MR) is 141 cm³/mol. The van der Waals surface area contributed by atoms with Crippen LogP contribution in [0.3, 0.4) is 0 Å². The van der Waals surface area contributed by atoms with Crippen LogP contribution in [0.4, 0.5) is 0 Å². The van der Waals surface area contributed by atoms with Crippen LogP contribution in [0.15, 0.2) is 48.5 Å². The number of aliphatic hydroxyl groups is 1. The Morgan fingerprint density at radius 2 is 1.65 bits per heavy atom. The van der Waals surface area contributed by atoms with Gasteiger partial charge in [0.25, 0.3) is 5.91 Å². The number of benzene rings is 2. The second kappa shape index (κ2) is 13.3. The normalized spacial score (nSPS) is 15.8. The van der Waals surface area contributed by atoms with E-state index in [-0.39, 0.29) is 37.5 Å². The molecule has 0 aromatic heterocycles. The number of ether oxygens (including phenoxy) is 1. The summed E-state index contributed by atoms with van der Waals surface area (Å²) in [5.74, 6) is -4.13. The number of hydrogen-bond acceptors (Lipinski definition) is 8. The van der Waals surface area contributed by atoms with Crippen LogP contribution in [0.5, 0.6) is 0 Å². The second-order valence-electron chi connectivity index (χ2n) is 9.18. The fourth-order valence-electron chi connectivity index (χ4n) is 4.32. The first-order valence-electron chi connectivity index (χ1n) is 12.4. The molecule has 1 heterocycles. The van der Waals surface area contributed by atoms with E-state index in [4.69, 9.17) is 21.0 Å². The summed E-state index contributed by atoms with van der Waals surface area (Å²) in [6, 6.07) is 10.2. The molecule has 212 valence electrons. The molecule has 2 atom stereocenters. The summed E-state index contributed by atoms with van der Waals surface area (Å²) in [4.78, 5) is 65.7. The zero-order chi connectivity index (χ0) is 29.4. The first-order chi connectivity index (χ1) is 19.0. The lowest BCUT2D eigenvalue weighted by Crippen LogP contribution is -2.63. The van der Waals surface area contributed by atoms with E-state index in [2.05, 4.69) is 5.32 Å². The van der Waals surface area contributed by atoms with Crippen molar-refractivity contribution >= 4 is 35.5 Å².